The molecule has 1 amide bonds. The lowest BCUT2D eigenvalue weighted by Crippen LogP contribution is -2.29. The van der Waals surface area contributed by atoms with Gasteiger partial charge in [-0.1, -0.05) is 25.8 Å². The third-order valence-corrected chi connectivity index (χ3v) is 4.89. The maximum absolute atomic E-state index is 12.8. The van der Waals surface area contributed by atoms with E-state index in [1.54, 1.807) is 12.4 Å². The van der Waals surface area contributed by atoms with E-state index in [0.717, 1.165) is 24.8 Å². The van der Waals surface area contributed by atoms with E-state index >= 15 is 0 Å². The number of nitrogens with one attached hydrogen (secondary N) is 1. The van der Waals surface area contributed by atoms with Crippen molar-refractivity contribution in [3.63, 3.8) is 0 Å². The first-order valence-corrected chi connectivity index (χ1v) is 9.83. The van der Waals surface area contributed by atoms with Gasteiger partial charge in [0.1, 0.15) is 5.75 Å². The lowest BCUT2D eigenvalue weighted by molar-refractivity contribution is 0.0930. The standard InChI is InChI=1S/C18H23N3O4S/c1-3-4-7-16(13-6-5-10-20-12-13)21-18(22)15-11-14(26(19,23)24)8-9-17(15)25-2/h5-6,8-12,16H,3-4,7H2,1-2H3,(H,21,22)(H2,19,23,24). The number of rotatable bonds is 8. The molecular weight excluding hydrogens is 354 g/mol. The van der Waals surface area contributed by atoms with Crippen molar-refractivity contribution in [1.82, 2.24) is 10.3 Å². The molecule has 2 aromatic rings. The Morgan fingerprint density at radius 3 is 2.69 bits per heavy atom. The van der Waals surface area contributed by atoms with Crippen molar-refractivity contribution in [1.29, 1.82) is 0 Å². The van der Waals surface area contributed by atoms with E-state index < -0.39 is 15.9 Å². The topological polar surface area (TPSA) is 111 Å². The first-order valence-electron chi connectivity index (χ1n) is 8.28. The molecule has 0 bridgehead atoms. The summed E-state index contributed by atoms with van der Waals surface area (Å²) in [5.41, 5.74) is 1.00. The summed E-state index contributed by atoms with van der Waals surface area (Å²) >= 11 is 0. The summed E-state index contributed by atoms with van der Waals surface area (Å²) in [5.74, 6) is -0.160. The quantitative estimate of drug-likeness (QED) is 0.734. The van der Waals surface area contributed by atoms with Crippen molar-refractivity contribution in [2.75, 3.05) is 7.11 Å². The van der Waals surface area contributed by atoms with Gasteiger partial charge in [0.05, 0.1) is 23.6 Å². The molecule has 2 rings (SSSR count). The van der Waals surface area contributed by atoms with E-state index in [9.17, 15) is 13.2 Å². The van der Waals surface area contributed by atoms with Crippen LogP contribution in [0, 0.1) is 0 Å². The largest absolute Gasteiger partial charge is 0.496 e. The minimum absolute atomic E-state index is 0.115. The van der Waals surface area contributed by atoms with Crippen LogP contribution in [0.2, 0.25) is 0 Å². The van der Waals surface area contributed by atoms with E-state index in [1.165, 1.54) is 25.3 Å². The van der Waals surface area contributed by atoms with Crippen LogP contribution >= 0.6 is 0 Å². The number of carbonyl (C=O) groups is 1. The van der Waals surface area contributed by atoms with Gasteiger partial charge < -0.3 is 10.1 Å². The molecule has 0 aliphatic rings. The molecule has 3 N–H and O–H groups in total. The highest BCUT2D eigenvalue weighted by molar-refractivity contribution is 7.89. The number of hydrogen-bond acceptors (Lipinski definition) is 5. The lowest BCUT2D eigenvalue weighted by Gasteiger charge is -2.20. The van der Waals surface area contributed by atoms with Gasteiger partial charge in [0.15, 0.2) is 0 Å². The second kappa shape index (κ2) is 8.77. The minimum atomic E-state index is -3.92. The molecule has 0 radical (unpaired) electrons. The zero-order valence-electron chi connectivity index (χ0n) is 14.8. The van der Waals surface area contributed by atoms with Crippen LogP contribution in [0.3, 0.4) is 0 Å². The Balaban J connectivity index is 2.34. The average Bonchev–Trinajstić information content (AvgIpc) is 2.64. The van der Waals surface area contributed by atoms with Crippen LogP contribution in [0.4, 0.5) is 0 Å². The van der Waals surface area contributed by atoms with Crippen molar-refractivity contribution >= 4 is 15.9 Å². The molecule has 1 atom stereocenters. The number of primary sulfonamides is 1. The van der Waals surface area contributed by atoms with Gasteiger partial charge >= 0.3 is 0 Å². The first-order chi connectivity index (χ1) is 12.4. The zero-order valence-corrected chi connectivity index (χ0v) is 15.6. The van der Waals surface area contributed by atoms with Crippen LogP contribution in [-0.4, -0.2) is 26.4 Å². The number of benzene rings is 1. The van der Waals surface area contributed by atoms with Crippen LogP contribution in [0.25, 0.3) is 0 Å². The first kappa shape index (κ1) is 19.9. The third-order valence-electron chi connectivity index (χ3n) is 3.98. The molecular formula is C18H23N3O4S. The van der Waals surface area contributed by atoms with E-state index in [4.69, 9.17) is 9.88 Å². The van der Waals surface area contributed by atoms with Gasteiger partial charge in [0, 0.05) is 12.4 Å². The molecule has 7 nitrogen and oxygen atoms in total. The van der Waals surface area contributed by atoms with Gasteiger partial charge in [-0.15, -0.1) is 0 Å². The smallest absolute Gasteiger partial charge is 0.255 e. The van der Waals surface area contributed by atoms with E-state index in [0.29, 0.717) is 0 Å². The Morgan fingerprint density at radius 1 is 1.35 bits per heavy atom. The number of amides is 1. The van der Waals surface area contributed by atoms with Crippen molar-refractivity contribution in [3.05, 3.63) is 53.9 Å². The Morgan fingerprint density at radius 2 is 2.12 bits per heavy atom. The summed E-state index contributed by atoms with van der Waals surface area (Å²) in [6.07, 6.45) is 6.02. The molecule has 1 unspecified atom stereocenters. The molecule has 8 heteroatoms. The molecule has 140 valence electrons. The minimum Gasteiger partial charge on any atom is -0.496 e. The Labute approximate surface area is 153 Å². The normalized spacial score (nSPS) is 12.4. The van der Waals surface area contributed by atoms with Gasteiger partial charge in [0.25, 0.3) is 5.91 Å². The van der Waals surface area contributed by atoms with Crippen LogP contribution < -0.4 is 15.2 Å². The van der Waals surface area contributed by atoms with Gasteiger partial charge in [-0.25, -0.2) is 13.6 Å². The fraction of sp³-hybridized carbons (Fsp3) is 0.333. The number of methoxy groups -OCH3 is 1. The van der Waals surface area contributed by atoms with Crippen LogP contribution in [-0.2, 0) is 10.0 Å². The monoisotopic (exact) mass is 377 g/mol. The fourth-order valence-electron chi connectivity index (χ4n) is 2.59. The molecule has 0 saturated heterocycles. The number of sulfonamides is 1. The molecule has 1 aromatic carbocycles. The molecule has 0 aliphatic heterocycles. The average molecular weight is 377 g/mol. The third kappa shape index (κ3) is 5.03. The van der Waals surface area contributed by atoms with E-state index in [-0.39, 0.29) is 22.3 Å². The second-order valence-corrected chi connectivity index (χ2v) is 7.42. The highest BCUT2D eigenvalue weighted by Crippen LogP contribution is 2.24. The number of ether oxygens (including phenoxy) is 1. The maximum atomic E-state index is 12.8. The van der Waals surface area contributed by atoms with Gasteiger partial charge in [0.2, 0.25) is 10.0 Å². The number of hydrogen-bond donors (Lipinski definition) is 2. The molecule has 0 spiro atoms. The molecule has 0 saturated carbocycles. The summed E-state index contributed by atoms with van der Waals surface area (Å²) in [4.78, 5) is 16.8. The predicted octanol–water partition coefficient (Wildman–Crippen LogP) is 2.40. The second-order valence-electron chi connectivity index (χ2n) is 5.86. The van der Waals surface area contributed by atoms with Gasteiger partial charge in [-0.2, -0.15) is 0 Å². The molecule has 1 aromatic heterocycles. The van der Waals surface area contributed by atoms with Crippen molar-refractivity contribution in [2.24, 2.45) is 5.14 Å². The number of pyridine rings is 1. The van der Waals surface area contributed by atoms with Gasteiger partial charge in [-0.3, -0.25) is 9.78 Å². The van der Waals surface area contributed by atoms with Gasteiger partial charge in [-0.05, 0) is 36.2 Å². The Bertz CT molecular complexity index is 854. The van der Waals surface area contributed by atoms with Crippen LogP contribution in [0.15, 0.2) is 47.6 Å². The van der Waals surface area contributed by atoms with Crippen molar-refractivity contribution < 1.29 is 17.9 Å². The Kier molecular flexibility index (Phi) is 6.70. The summed E-state index contributed by atoms with van der Waals surface area (Å²) in [6, 6.07) is 7.41. The molecule has 0 aliphatic carbocycles. The summed E-state index contributed by atoms with van der Waals surface area (Å²) in [7, 11) is -2.51. The van der Waals surface area contributed by atoms with Crippen LogP contribution in [0.1, 0.15) is 48.1 Å². The van der Waals surface area contributed by atoms with Crippen LogP contribution in [0.5, 0.6) is 5.75 Å². The maximum Gasteiger partial charge on any atom is 0.255 e. The molecule has 0 fully saturated rings. The number of unbranched alkanes of at least 4 members (excludes halogenated alkanes) is 1. The number of aromatic nitrogens is 1. The Hall–Kier alpha value is -2.45. The number of nitrogens with two attached hydrogens (primary N) is 1. The zero-order chi connectivity index (χ0) is 19.2. The molecule has 26 heavy (non-hydrogen) atoms. The highest BCUT2D eigenvalue weighted by Gasteiger charge is 2.21. The van der Waals surface area contributed by atoms with E-state index in [2.05, 4.69) is 17.2 Å². The van der Waals surface area contributed by atoms with Crippen molar-refractivity contribution in [3.8, 4) is 5.75 Å². The number of carbonyl (C=O) groups excluding carboxylic acids is 1. The van der Waals surface area contributed by atoms with Crippen molar-refractivity contribution in [2.45, 2.75) is 37.1 Å². The summed E-state index contributed by atoms with van der Waals surface area (Å²) < 4.78 is 28.4. The van der Waals surface area contributed by atoms with E-state index in [1.807, 2.05) is 12.1 Å². The fourth-order valence-corrected chi connectivity index (χ4v) is 3.13. The highest BCUT2D eigenvalue weighted by atomic mass is 32.2. The molecule has 1 heterocycles. The SMILES string of the molecule is CCCCC(NC(=O)c1cc(S(N)(=O)=O)ccc1OC)c1cccnc1. The summed E-state index contributed by atoms with van der Waals surface area (Å²) in [6.45, 7) is 2.07. The number of nitrogens with zero attached hydrogens (tertiary/aromatic N) is 1. The summed E-state index contributed by atoms with van der Waals surface area (Å²) in [5, 5.41) is 8.11. The lowest BCUT2D eigenvalue weighted by atomic mass is 10.0. The predicted molar refractivity (Wildman–Crippen MR) is 98.3 cm³/mol.